The third kappa shape index (κ3) is 8.84. The predicted molar refractivity (Wildman–Crippen MR) is 132 cm³/mol. The van der Waals surface area contributed by atoms with Gasteiger partial charge in [0.2, 0.25) is 0 Å². The van der Waals surface area contributed by atoms with E-state index in [9.17, 15) is 26.3 Å². The van der Waals surface area contributed by atoms with Crippen LogP contribution < -0.4 is 10.6 Å². The van der Waals surface area contributed by atoms with Gasteiger partial charge in [-0.3, -0.25) is 5.10 Å². The smallest absolute Gasteiger partial charge is 0.383 e. The molecule has 0 aliphatic carbocycles. The number of alkyl halides is 6. The van der Waals surface area contributed by atoms with Crippen molar-refractivity contribution in [2.24, 2.45) is 0 Å². The zero-order valence-electron chi connectivity index (χ0n) is 20.9. The number of nitrogens with one attached hydrogen (secondary N) is 3. The standard InChI is InChI=1S/C19H16F6N4.3C2H6/c1-11(12-5-2-3-6-13(12)18(20,21)22)26-9-10-27-17-16-14(19(23,24)25)7-4-8-15(16)28-29-17;3*1-2/h2-8,26H,1,9-10H2,(H2,27,28,29);3*1-2H3. The summed E-state index contributed by atoms with van der Waals surface area (Å²) in [5, 5.41) is 11.8. The van der Waals surface area contributed by atoms with Gasteiger partial charge in [0.25, 0.3) is 0 Å². The first kappa shape index (κ1) is 31.8. The van der Waals surface area contributed by atoms with E-state index in [4.69, 9.17) is 0 Å². The van der Waals surface area contributed by atoms with E-state index in [-0.39, 0.29) is 41.1 Å². The summed E-state index contributed by atoms with van der Waals surface area (Å²) >= 11 is 0. The minimum atomic E-state index is -4.55. The molecule has 196 valence electrons. The van der Waals surface area contributed by atoms with Gasteiger partial charge < -0.3 is 10.6 Å². The Morgan fingerprint density at radius 2 is 1.34 bits per heavy atom. The molecule has 1 heterocycles. The molecule has 0 saturated carbocycles. The van der Waals surface area contributed by atoms with Crippen LogP contribution in [0.3, 0.4) is 0 Å². The van der Waals surface area contributed by atoms with E-state index in [2.05, 4.69) is 27.4 Å². The van der Waals surface area contributed by atoms with Crippen LogP contribution in [-0.2, 0) is 12.4 Å². The quantitative estimate of drug-likeness (QED) is 0.234. The average molecular weight is 505 g/mol. The van der Waals surface area contributed by atoms with Gasteiger partial charge in [0.15, 0.2) is 5.82 Å². The second-order valence-corrected chi connectivity index (χ2v) is 6.17. The lowest BCUT2D eigenvalue weighted by Gasteiger charge is -2.16. The molecule has 0 bridgehead atoms. The van der Waals surface area contributed by atoms with E-state index < -0.39 is 23.5 Å². The minimum Gasteiger partial charge on any atom is -0.383 e. The van der Waals surface area contributed by atoms with Crippen LogP contribution in [0.4, 0.5) is 32.2 Å². The highest BCUT2D eigenvalue weighted by molar-refractivity contribution is 5.93. The lowest BCUT2D eigenvalue weighted by Crippen LogP contribution is -2.22. The minimum absolute atomic E-state index is 0.0102. The first-order valence-electron chi connectivity index (χ1n) is 11.5. The summed E-state index contributed by atoms with van der Waals surface area (Å²) in [6.07, 6.45) is -9.07. The van der Waals surface area contributed by atoms with Crippen LogP contribution in [-0.4, -0.2) is 23.3 Å². The normalized spacial score (nSPS) is 10.6. The molecule has 10 heteroatoms. The fraction of sp³-hybridized carbons (Fsp3) is 0.400. The fourth-order valence-corrected chi connectivity index (χ4v) is 2.92. The maximum atomic E-state index is 13.2. The number of benzene rings is 2. The molecule has 0 spiro atoms. The van der Waals surface area contributed by atoms with Crippen LogP contribution in [0.2, 0.25) is 0 Å². The Bertz CT molecular complexity index is 1020. The van der Waals surface area contributed by atoms with Crippen LogP contribution in [0, 0.1) is 0 Å². The van der Waals surface area contributed by atoms with Crippen molar-refractivity contribution in [3.63, 3.8) is 0 Å². The Labute approximate surface area is 202 Å². The zero-order chi connectivity index (χ0) is 27.2. The first-order valence-corrected chi connectivity index (χ1v) is 11.5. The molecule has 0 radical (unpaired) electrons. The highest BCUT2D eigenvalue weighted by Gasteiger charge is 2.34. The number of hydrogen-bond acceptors (Lipinski definition) is 3. The number of aromatic amines is 1. The Kier molecular flexibility index (Phi) is 13.6. The van der Waals surface area contributed by atoms with E-state index in [0.29, 0.717) is 0 Å². The molecule has 2 aromatic carbocycles. The van der Waals surface area contributed by atoms with Gasteiger partial charge in [0.05, 0.1) is 22.0 Å². The lowest BCUT2D eigenvalue weighted by atomic mass is 10.0. The van der Waals surface area contributed by atoms with E-state index >= 15 is 0 Å². The number of aromatic nitrogens is 2. The summed E-state index contributed by atoms with van der Waals surface area (Å²) in [5.41, 5.74) is -1.47. The highest BCUT2D eigenvalue weighted by atomic mass is 19.4. The average Bonchev–Trinajstić information content (AvgIpc) is 3.27. The third-order valence-electron chi connectivity index (χ3n) is 4.21. The Morgan fingerprint density at radius 1 is 0.800 bits per heavy atom. The molecule has 0 fully saturated rings. The number of rotatable bonds is 6. The molecule has 0 amide bonds. The molecule has 3 aromatic rings. The van der Waals surface area contributed by atoms with Crippen molar-refractivity contribution in [1.82, 2.24) is 15.5 Å². The maximum absolute atomic E-state index is 13.2. The Balaban J connectivity index is 0.00000179. The Morgan fingerprint density at radius 3 is 1.91 bits per heavy atom. The zero-order valence-corrected chi connectivity index (χ0v) is 20.9. The molecule has 0 saturated heterocycles. The molecule has 0 atom stereocenters. The van der Waals surface area contributed by atoms with Crippen molar-refractivity contribution in [3.8, 4) is 0 Å². The van der Waals surface area contributed by atoms with Crippen LogP contribution in [0.15, 0.2) is 49.0 Å². The summed E-state index contributed by atoms with van der Waals surface area (Å²) in [4.78, 5) is 0. The summed E-state index contributed by atoms with van der Waals surface area (Å²) < 4.78 is 78.9. The number of hydrogen-bond donors (Lipinski definition) is 3. The lowest BCUT2D eigenvalue weighted by molar-refractivity contribution is -0.138. The van der Waals surface area contributed by atoms with Gasteiger partial charge in [-0.1, -0.05) is 72.4 Å². The maximum Gasteiger partial charge on any atom is 0.417 e. The molecule has 0 unspecified atom stereocenters. The van der Waals surface area contributed by atoms with Gasteiger partial charge in [0, 0.05) is 24.4 Å². The topological polar surface area (TPSA) is 52.7 Å². The van der Waals surface area contributed by atoms with Crippen LogP contribution >= 0.6 is 0 Å². The predicted octanol–water partition coefficient (Wildman–Crippen LogP) is 8.35. The second-order valence-electron chi connectivity index (χ2n) is 6.17. The molecule has 1 aromatic heterocycles. The molecule has 0 aliphatic rings. The summed E-state index contributed by atoms with van der Waals surface area (Å²) in [5.74, 6) is 0.0102. The van der Waals surface area contributed by atoms with Crippen molar-refractivity contribution in [3.05, 3.63) is 65.7 Å². The molecule has 3 rings (SSSR count). The van der Waals surface area contributed by atoms with Gasteiger partial charge >= 0.3 is 12.4 Å². The van der Waals surface area contributed by atoms with E-state index in [1.807, 2.05) is 41.5 Å². The molecule has 4 nitrogen and oxygen atoms in total. The van der Waals surface area contributed by atoms with Gasteiger partial charge in [-0.05, 0) is 18.2 Å². The van der Waals surface area contributed by atoms with Crippen molar-refractivity contribution < 1.29 is 26.3 Å². The summed E-state index contributed by atoms with van der Waals surface area (Å²) in [6, 6.07) is 8.69. The Hall–Kier alpha value is -3.17. The number of halogens is 6. The molecule has 35 heavy (non-hydrogen) atoms. The van der Waals surface area contributed by atoms with E-state index in [0.717, 1.165) is 12.1 Å². The van der Waals surface area contributed by atoms with Gasteiger partial charge in [-0.25, -0.2) is 0 Å². The van der Waals surface area contributed by atoms with Gasteiger partial charge in [0.1, 0.15) is 0 Å². The number of anilines is 1. The van der Waals surface area contributed by atoms with Crippen LogP contribution in [0.1, 0.15) is 58.2 Å². The molecule has 3 N–H and O–H groups in total. The monoisotopic (exact) mass is 504 g/mol. The number of fused-ring (bicyclic) bond motifs is 1. The van der Waals surface area contributed by atoms with Gasteiger partial charge in [-0.15, -0.1) is 0 Å². The van der Waals surface area contributed by atoms with Crippen molar-refractivity contribution in [2.45, 2.75) is 53.9 Å². The number of nitrogens with zero attached hydrogens (tertiary/aromatic N) is 1. The van der Waals surface area contributed by atoms with E-state index in [1.54, 1.807) is 0 Å². The van der Waals surface area contributed by atoms with Crippen LogP contribution in [0.5, 0.6) is 0 Å². The fourth-order valence-electron chi connectivity index (χ4n) is 2.92. The van der Waals surface area contributed by atoms with E-state index in [1.165, 1.54) is 30.3 Å². The summed E-state index contributed by atoms with van der Waals surface area (Å²) in [6.45, 7) is 15.8. The molecular formula is C25H34F6N4. The van der Waals surface area contributed by atoms with Crippen molar-refractivity contribution in [1.29, 1.82) is 0 Å². The molecule has 0 aliphatic heterocycles. The second kappa shape index (κ2) is 15.0. The largest absolute Gasteiger partial charge is 0.417 e. The van der Waals surface area contributed by atoms with Crippen molar-refractivity contribution in [2.75, 3.05) is 18.4 Å². The van der Waals surface area contributed by atoms with Gasteiger partial charge in [-0.2, -0.15) is 31.4 Å². The first-order chi connectivity index (χ1) is 16.6. The number of H-pyrrole nitrogens is 1. The third-order valence-corrected chi connectivity index (χ3v) is 4.21. The van der Waals surface area contributed by atoms with Crippen molar-refractivity contribution >= 4 is 22.4 Å². The van der Waals surface area contributed by atoms with Crippen LogP contribution in [0.25, 0.3) is 16.6 Å². The SMILES string of the molecule is C=C(NCCNc1n[nH]c2cccc(C(F)(F)F)c12)c1ccccc1C(F)(F)F.CC.CC.CC. The molecular weight excluding hydrogens is 470 g/mol. The highest BCUT2D eigenvalue weighted by Crippen LogP contribution is 2.37. The summed E-state index contributed by atoms with van der Waals surface area (Å²) in [7, 11) is 0.